The molecule has 1 aliphatic heterocycles. The van der Waals surface area contributed by atoms with Crippen LogP contribution in [0.15, 0.2) is 79.3 Å². The van der Waals surface area contributed by atoms with Crippen LogP contribution in [0.1, 0.15) is 24.2 Å². The quantitative estimate of drug-likeness (QED) is 0.305. The SMILES string of the molecule is CCN1C[C@@H](NC(=O)Nc2c(C)c(-c3ccc4nccn4c3)nn2-c2ccccc2)[C@H](c2ccc(F)c(F)c2)O1. The largest absolute Gasteiger partial charge is 0.331 e. The minimum absolute atomic E-state index is 0.376. The number of carbonyl (C=O) groups excluding carboxylic acids is 1. The maximum absolute atomic E-state index is 14.0. The van der Waals surface area contributed by atoms with Crippen molar-refractivity contribution in [2.75, 3.05) is 18.4 Å². The number of hydrogen-bond acceptors (Lipinski definition) is 5. The molecule has 0 saturated carbocycles. The number of fused-ring (bicyclic) bond motifs is 1. The summed E-state index contributed by atoms with van der Waals surface area (Å²) in [5, 5.41) is 12.5. The van der Waals surface area contributed by atoms with E-state index in [1.165, 1.54) is 6.07 Å². The van der Waals surface area contributed by atoms with Crippen LogP contribution < -0.4 is 10.6 Å². The van der Waals surface area contributed by atoms with E-state index >= 15 is 0 Å². The lowest BCUT2D eigenvalue weighted by Crippen LogP contribution is -2.42. The van der Waals surface area contributed by atoms with Gasteiger partial charge in [-0.3, -0.25) is 10.2 Å². The van der Waals surface area contributed by atoms with Gasteiger partial charge < -0.3 is 9.72 Å². The Morgan fingerprint density at radius 3 is 2.70 bits per heavy atom. The molecule has 0 radical (unpaired) electrons. The second kappa shape index (κ2) is 10.5. The molecule has 6 rings (SSSR count). The zero-order valence-corrected chi connectivity index (χ0v) is 21.9. The van der Waals surface area contributed by atoms with Gasteiger partial charge in [-0.05, 0) is 48.9 Å². The van der Waals surface area contributed by atoms with Crippen LogP contribution in [0.4, 0.5) is 19.4 Å². The molecule has 1 saturated heterocycles. The van der Waals surface area contributed by atoms with Crippen molar-refractivity contribution in [3.8, 4) is 16.9 Å². The van der Waals surface area contributed by atoms with Crippen LogP contribution in [0.2, 0.25) is 0 Å². The Labute approximate surface area is 229 Å². The van der Waals surface area contributed by atoms with Crippen molar-refractivity contribution in [1.82, 2.24) is 29.5 Å². The number of urea groups is 1. The molecule has 3 aromatic heterocycles. The molecular formula is C29H27F2N7O2. The summed E-state index contributed by atoms with van der Waals surface area (Å²) in [6.07, 6.45) is 4.85. The minimum atomic E-state index is -0.969. The fourth-order valence-corrected chi connectivity index (χ4v) is 4.94. The molecule has 9 nitrogen and oxygen atoms in total. The highest BCUT2D eigenvalue weighted by Gasteiger charge is 2.36. The van der Waals surface area contributed by atoms with Crippen LogP contribution in [0, 0.1) is 18.6 Å². The first kappa shape index (κ1) is 25.7. The highest BCUT2D eigenvalue weighted by molar-refractivity contribution is 5.91. The molecule has 5 aromatic rings. The van der Waals surface area contributed by atoms with Crippen LogP contribution in [-0.2, 0) is 4.84 Å². The number of likely N-dealkylation sites (N-methyl/N-ethyl adjacent to an activating group) is 1. The van der Waals surface area contributed by atoms with Gasteiger partial charge in [-0.15, -0.1) is 0 Å². The Balaban J connectivity index is 1.31. The predicted molar refractivity (Wildman–Crippen MR) is 146 cm³/mol. The summed E-state index contributed by atoms with van der Waals surface area (Å²) in [6.45, 7) is 4.75. The number of carbonyl (C=O) groups is 1. The smallest absolute Gasteiger partial charge is 0.320 e. The number of amides is 2. The maximum Gasteiger partial charge on any atom is 0.320 e. The van der Waals surface area contributed by atoms with Crippen LogP contribution in [-0.4, -0.2) is 49.4 Å². The molecule has 2 aromatic carbocycles. The average Bonchev–Trinajstić information content (AvgIpc) is 3.68. The number of hydroxylamine groups is 2. The number of pyridine rings is 1. The van der Waals surface area contributed by atoms with E-state index < -0.39 is 29.8 Å². The third-order valence-electron chi connectivity index (χ3n) is 6.99. The molecule has 0 aliphatic carbocycles. The number of imidazole rings is 1. The first-order valence-corrected chi connectivity index (χ1v) is 12.9. The third-order valence-corrected chi connectivity index (χ3v) is 6.99. The molecule has 0 bridgehead atoms. The summed E-state index contributed by atoms with van der Waals surface area (Å²) >= 11 is 0. The Hall–Kier alpha value is -4.61. The molecule has 2 amide bonds. The van der Waals surface area contributed by atoms with Crippen LogP contribution in [0.3, 0.4) is 0 Å². The topological polar surface area (TPSA) is 88.7 Å². The van der Waals surface area contributed by atoms with Crippen molar-refractivity contribution < 1.29 is 18.4 Å². The highest BCUT2D eigenvalue weighted by atomic mass is 19.2. The number of benzene rings is 2. The van der Waals surface area contributed by atoms with E-state index in [4.69, 9.17) is 9.94 Å². The minimum Gasteiger partial charge on any atom is -0.331 e. The Morgan fingerprint density at radius 2 is 1.93 bits per heavy atom. The number of nitrogens with one attached hydrogen (secondary N) is 2. The Kier molecular flexibility index (Phi) is 6.74. The molecule has 40 heavy (non-hydrogen) atoms. The molecular weight excluding hydrogens is 516 g/mol. The van der Waals surface area contributed by atoms with Crippen molar-refractivity contribution in [1.29, 1.82) is 0 Å². The van der Waals surface area contributed by atoms with Gasteiger partial charge in [-0.2, -0.15) is 10.2 Å². The van der Waals surface area contributed by atoms with E-state index in [0.717, 1.165) is 34.6 Å². The molecule has 0 unspecified atom stereocenters. The number of rotatable bonds is 6. The van der Waals surface area contributed by atoms with Crippen molar-refractivity contribution in [2.24, 2.45) is 0 Å². The fourth-order valence-electron chi connectivity index (χ4n) is 4.94. The van der Waals surface area contributed by atoms with Crippen LogP contribution in [0.25, 0.3) is 22.6 Å². The molecule has 11 heteroatoms. The highest BCUT2D eigenvalue weighted by Crippen LogP contribution is 2.32. The summed E-state index contributed by atoms with van der Waals surface area (Å²) < 4.78 is 31.2. The van der Waals surface area contributed by atoms with E-state index in [1.807, 2.05) is 73.1 Å². The summed E-state index contributed by atoms with van der Waals surface area (Å²) in [5.74, 6) is -1.41. The monoisotopic (exact) mass is 543 g/mol. The molecule has 2 N–H and O–H groups in total. The number of nitrogens with zero attached hydrogens (tertiary/aromatic N) is 5. The van der Waals surface area contributed by atoms with Gasteiger partial charge in [0, 0.05) is 42.8 Å². The second-order valence-corrected chi connectivity index (χ2v) is 9.57. The second-order valence-electron chi connectivity index (χ2n) is 9.57. The van der Waals surface area contributed by atoms with Gasteiger partial charge in [0.1, 0.15) is 17.6 Å². The van der Waals surface area contributed by atoms with Gasteiger partial charge >= 0.3 is 6.03 Å². The van der Waals surface area contributed by atoms with E-state index in [0.29, 0.717) is 30.2 Å². The van der Waals surface area contributed by atoms with Gasteiger partial charge in [0.2, 0.25) is 0 Å². The van der Waals surface area contributed by atoms with Gasteiger partial charge in [0.15, 0.2) is 11.6 Å². The third kappa shape index (κ3) is 4.80. The number of halogens is 2. The molecule has 1 fully saturated rings. The Bertz CT molecular complexity index is 1680. The van der Waals surface area contributed by atoms with E-state index in [2.05, 4.69) is 15.6 Å². The maximum atomic E-state index is 14.0. The molecule has 204 valence electrons. The Morgan fingerprint density at radius 1 is 1.10 bits per heavy atom. The van der Waals surface area contributed by atoms with Crippen LogP contribution >= 0.6 is 0 Å². The number of aromatic nitrogens is 4. The summed E-state index contributed by atoms with van der Waals surface area (Å²) in [7, 11) is 0. The van der Waals surface area contributed by atoms with Gasteiger partial charge in [-0.1, -0.05) is 31.2 Å². The van der Waals surface area contributed by atoms with Gasteiger partial charge in [-0.25, -0.2) is 23.2 Å². The number of anilines is 1. The predicted octanol–water partition coefficient (Wildman–Crippen LogP) is 5.27. The lowest BCUT2D eigenvalue weighted by molar-refractivity contribution is -0.144. The van der Waals surface area contributed by atoms with Crippen molar-refractivity contribution in [3.63, 3.8) is 0 Å². The average molecular weight is 544 g/mol. The van der Waals surface area contributed by atoms with E-state index in [1.54, 1.807) is 15.9 Å². The molecule has 2 atom stereocenters. The number of para-hydroxylation sites is 1. The van der Waals surface area contributed by atoms with Crippen molar-refractivity contribution >= 4 is 17.5 Å². The first-order chi connectivity index (χ1) is 19.4. The fraction of sp³-hybridized carbons (Fsp3) is 0.207. The summed E-state index contributed by atoms with van der Waals surface area (Å²) in [6, 6.07) is 16.0. The van der Waals surface area contributed by atoms with Gasteiger partial charge in [0.05, 0.1) is 17.4 Å². The summed E-state index contributed by atoms with van der Waals surface area (Å²) in [5.41, 5.74) is 4.36. The zero-order valence-electron chi connectivity index (χ0n) is 21.9. The van der Waals surface area contributed by atoms with Crippen molar-refractivity contribution in [2.45, 2.75) is 26.0 Å². The lowest BCUT2D eigenvalue weighted by Gasteiger charge is -2.20. The first-order valence-electron chi connectivity index (χ1n) is 12.9. The number of hydrogen-bond donors (Lipinski definition) is 2. The van der Waals surface area contributed by atoms with Crippen LogP contribution in [0.5, 0.6) is 0 Å². The van der Waals surface area contributed by atoms with E-state index in [-0.39, 0.29) is 0 Å². The van der Waals surface area contributed by atoms with Gasteiger partial charge in [0.25, 0.3) is 0 Å². The molecule has 0 spiro atoms. The normalized spacial score (nSPS) is 17.4. The lowest BCUT2D eigenvalue weighted by atomic mass is 10.0. The van der Waals surface area contributed by atoms with E-state index in [9.17, 15) is 13.6 Å². The van der Waals surface area contributed by atoms with Crippen molar-refractivity contribution in [3.05, 3.63) is 102 Å². The molecule has 4 heterocycles. The zero-order chi connectivity index (χ0) is 27.8. The molecule has 1 aliphatic rings. The standard InChI is InChI=1S/C29H27F2N7O2/c1-3-37-17-24(27(40-37)19-9-11-22(30)23(31)15-19)33-29(39)34-28-18(2)26(35-38(28)21-7-5-4-6-8-21)20-10-12-25-32-13-14-36(25)16-20/h4-16,24,27H,3,17H2,1-2H3,(H2,33,34,39)/t24-,27+/m1/s1. The summed E-state index contributed by atoms with van der Waals surface area (Å²) in [4.78, 5) is 23.6.